The molecule has 0 saturated heterocycles. The van der Waals surface area contributed by atoms with Gasteiger partial charge < -0.3 is 0 Å². The van der Waals surface area contributed by atoms with E-state index >= 15 is 0 Å². The number of fused-ring (bicyclic) bond motifs is 5. The highest BCUT2D eigenvalue weighted by atomic mass is 14.8. The van der Waals surface area contributed by atoms with Gasteiger partial charge in [-0.2, -0.15) is 0 Å². The van der Waals surface area contributed by atoms with Crippen LogP contribution in [0.25, 0.3) is 88.0 Å². The number of rotatable bonds is 4. The molecule has 7 aromatic carbocycles. The highest BCUT2D eigenvalue weighted by Crippen LogP contribution is 2.44. The van der Waals surface area contributed by atoms with Crippen molar-refractivity contribution in [3.05, 3.63) is 170 Å². The van der Waals surface area contributed by atoms with Crippen LogP contribution < -0.4 is 0 Å². The topological polar surface area (TPSA) is 25.8 Å². The maximum atomic E-state index is 5.09. The molecule has 0 fully saturated rings. The first-order chi connectivity index (χ1) is 22.8. The fourth-order valence-electron chi connectivity index (χ4n) is 7.02. The summed E-state index contributed by atoms with van der Waals surface area (Å²) in [7, 11) is 0. The molecule has 46 heavy (non-hydrogen) atoms. The molecule has 9 rings (SSSR count). The molecule has 0 aliphatic rings. The second-order valence-corrected chi connectivity index (χ2v) is 11.7. The van der Waals surface area contributed by atoms with Crippen molar-refractivity contribution >= 4 is 43.2 Å². The molecule has 0 saturated carbocycles. The first-order valence-corrected chi connectivity index (χ1v) is 15.7. The van der Waals surface area contributed by atoms with Gasteiger partial charge in [0.05, 0.1) is 16.9 Å². The summed E-state index contributed by atoms with van der Waals surface area (Å²) in [6, 6.07) is 58.4. The largest absolute Gasteiger partial charge is 0.255 e. The van der Waals surface area contributed by atoms with Crippen LogP contribution in [0.1, 0.15) is 0 Å². The summed E-state index contributed by atoms with van der Waals surface area (Å²) in [4.78, 5) is 9.88. The Balaban J connectivity index is 1.18. The van der Waals surface area contributed by atoms with Gasteiger partial charge in [-0.25, -0.2) is 4.98 Å². The van der Waals surface area contributed by atoms with E-state index in [1.54, 1.807) is 0 Å². The van der Waals surface area contributed by atoms with Crippen LogP contribution in [0, 0.1) is 0 Å². The van der Waals surface area contributed by atoms with Crippen molar-refractivity contribution < 1.29 is 0 Å². The number of benzene rings is 7. The molecule has 2 nitrogen and oxygen atoms in total. The summed E-state index contributed by atoms with van der Waals surface area (Å²) < 4.78 is 0. The molecule has 2 aromatic heterocycles. The molecular formula is C44H28N2. The van der Waals surface area contributed by atoms with E-state index in [9.17, 15) is 0 Å². The Bertz CT molecular complexity index is 2510. The zero-order chi connectivity index (χ0) is 30.5. The Hall–Kier alpha value is -6.12. The smallest absolute Gasteiger partial charge is 0.0972 e. The van der Waals surface area contributed by atoms with Crippen molar-refractivity contribution in [1.29, 1.82) is 0 Å². The molecular weight excluding hydrogens is 556 g/mol. The van der Waals surface area contributed by atoms with Crippen LogP contribution in [0.15, 0.2) is 170 Å². The molecule has 0 aliphatic carbocycles. The van der Waals surface area contributed by atoms with E-state index in [2.05, 4.69) is 158 Å². The summed E-state index contributed by atoms with van der Waals surface area (Å²) in [5, 5.41) is 8.50. The van der Waals surface area contributed by atoms with Crippen LogP contribution in [0.2, 0.25) is 0 Å². The van der Waals surface area contributed by atoms with Gasteiger partial charge in [-0.1, -0.05) is 146 Å². The molecule has 2 heteroatoms. The van der Waals surface area contributed by atoms with Crippen molar-refractivity contribution in [2.75, 3.05) is 0 Å². The third kappa shape index (κ3) is 4.27. The van der Waals surface area contributed by atoms with E-state index in [0.29, 0.717) is 0 Å². The number of para-hydroxylation sites is 1. The van der Waals surface area contributed by atoms with Gasteiger partial charge in [0.15, 0.2) is 0 Å². The summed E-state index contributed by atoms with van der Waals surface area (Å²) in [5.74, 6) is 0. The number of hydrogen-bond donors (Lipinski definition) is 0. The third-order valence-electron chi connectivity index (χ3n) is 9.11. The molecule has 0 atom stereocenters. The van der Waals surface area contributed by atoms with E-state index < -0.39 is 0 Å². The molecule has 0 bridgehead atoms. The molecule has 0 unspecified atom stereocenters. The summed E-state index contributed by atoms with van der Waals surface area (Å²) in [6.07, 6.45) is 1.90. The average Bonchev–Trinajstić information content (AvgIpc) is 3.14. The lowest BCUT2D eigenvalue weighted by atomic mass is 9.86. The van der Waals surface area contributed by atoms with Crippen molar-refractivity contribution in [2.24, 2.45) is 0 Å². The Morgan fingerprint density at radius 1 is 0.326 bits per heavy atom. The van der Waals surface area contributed by atoms with Crippen molar-refractivity contribution in [1.82, 2.24) is 9.97 Å². The Kier molecular flexibility index (Phi) is 6.17. The lowest BCUT2D eigenvalue weighted by Gasteiger charge is -2.18. The Labute approximate surface area is 267 Å². The Morgan fingerprint density at radius 2 is 0.804 bits per heavy atom. The SMILES string of the molecule is c1ccc(-c2c3ccccc3c(-c3ccc(-c4ccnc(-c5nc6ccccc6c6ccccc56)c4)cc3)c3ccccc23)cc1. The molecule has 0 radical (unpaired) electrons. The van der Waals surface area contributed by atoms with Crippen LogP contribution in [0.5, 0.6) is 0 Å². The molecule has 2 heterocycles. The molecule has 0 amide bonds. The highest BCUT2D eigenvalue weighted by Gasteiger charge is 2.17. The normalized spacial score (nSPS) is 11.5. The zero-order valence-corrected chi connectivity index (χ0v) is 25.1. The third-order valence-corrected chi connectivity index (χ3v) is 9.11. The minimum Gasteiger partial charge on any atom is -0.255 e. The zero-order valence-electron chi connectivity index (χ0n) is 25.1. The molecule has 0 spiro atoms. The van der Waals surface area contributed by atoms with E-state index in [0.717, 1.165) is 38.8 Å². The van der Waals surface area contributed by atoms with E-state index in [-0.39, 0.29) is 0 Å². The number of aromatic nitrogens is 2. The number of hydrogen-bond acceptors (Lipinski definition) is 2. The fraction of sp³-hybridized carbons (Fsp3) is 0. The number of nitrogens with zero attached hydrogens (tertiary/aromatic N) is 2. The molecule has 0 N–H and O–H groups in total. The van der Waals surface area contributed by atoms with Crippen LogP contribution in [0.4, 0.5) is 0 Å². The summed E-state index contributed by atoms with van der Waals surface area (Å²) >= 11 is 0. The van der Waals surface area contributed by atoms with Crippen LogP contribution in [-0.2, 0) is 0 Å². The minimum atomic E-state index is 0.872. The predicted molar refractivity (Wildman–Crippen MR) is 194 cm³/mol. The second-order valence-electron chi connectivity index (χ2n) is 11.7. The molecule has 9 aromatic rings. The molecule has 0 aliphatic heterocycles. The van der Waals surface area contributed by atoms with Gasteiger partial charge in [-0.05, 0) is 78.5 Å². The second kappa shape index (κ2) is 10.8. The quantitative estimate of drug-likeness (QED) is 0.152. The number of pyridine rings is 2. The van der Waals surface area contributed by atoms with Gasteiger partial charge in [0.25, 0.3) is 0 Å². The minimum absolute atomic E-state index is 0.872. The van der Waals surface area contributed by atoms with Gasteiger partial charge in [0, 0.05) is 17.0 Å². The Morgan fingerprint density at radius 3 is 1.43 bits per heavy atom. The van der Waals surface area contributed by atoms with Crippen molar-refractivity contribution in [3.8, 4) is 44.8 Å². The lowest BCUT2D eigenvalue weighted by molar-refractivity contribution is 1.29. The fourth-order valence-corrected chi connectivity index (χ4v) is 7.02. The van der Waals surface area contributed by atoms with Gasteiger partial charge in [0.1, 0.15) is 0 Å². The highest BCUT2D eigenvalue weighted by molar-refractivity contribution is 6.21. The van der Waals surface area contributed by atoms with Gasteiger partial charge >= 0.3 is 0 Å². The summed E-state index contributed by atoms with van der Waals surface area (Å²) in [5.41, 5.74) is 10.0. The first kappa shape index (κ1) is 26.3. The van der Waals surface area contributed by atoms with Gasteiger partial charge in [-0.3, -0.25) is 4.98 Å². The van der Waals surface area contributed by atoms with Crippen LogP contribution >= 0.6 is 0 Å². The van der Waals surface area contributed by atoms with Gasteiger partial charge in [-0.15, -0.1) is 0 Å². The maximum Gasteiger partial charge on any atom is 0.0972 e. The first-order valence-electron chi connectivity index (χ1n) is 15.7. The standard InChI is InChI=1S/C44H28N2/c1-2-12-30(13-3-1)42-35-16-5-7-18-37(35)43(38-19-8-6-17-36(38)42)31-24-22-29(23-25-31)32-26-27-45-41(28-32)44-39-20-9-4-14-33(39)34-15-10-11-21-40(34)46-44/h1-28H. The lowest BCUT2D eigenvalue weighted by Crippen LogP contribution is -1.93. The predicted octanol–water partition coefficient (Wildman–Crippen LogP) is 11.8. The van der Waals surface area contributed by atoms with Crippen molar-refractivity contribution in [2.45, 2.75) is 0 Å². The monoisotopic (exact) mass is 584 g/mol. The van der Waals surface area contributed by atoms with E-state index in [1.165, 1.54) is 49.2 Å². The average molecular weight is 585 g/mol. The van der Waals surface area contributed by atoms with E-state index in [4.69, 9.17) is 9.97 Å². The summed E-state index contributed by atoms with van der Waals surface area (Å²) in [6.45, 7) is 0. The van der Waals surface area contributed by atoms with Crippen LogP contribution in [-0.4, -0.2) is 9.97 Å². The van der Waals surface area contributed by atoms with Crippen molar-refractivity contribution in [3.63, 3.8) is 0 Å². The van der Waals surface area contributed by atoms with Crippen LogP contribution in [0.3, 0.4) is 0 Å². The van der Waals surface area contributed by atoms with E-state index in [1.807, 2.05) is 12.3 Å². The van der Waals surface area contributed by atoms with Gasteiger partial charge in [0.2, 0.25) is 0 Å². The maximum absolute atomic E-state index is 5.09. The molecule has 214 valence electrons.